The highest BCUT2D eigenvalue weighted by Crippen LogP contribution is 2.40. The van der Waals surface area contributed by atoms with Crippen LogP contribution in [0.4, 0.5) is 0 Å². The van der Waals surface area contributed by atoms with Gasteiger partial charge in [-0.2, -0.15) is 0 Å². The van der Waals surface area contributed by atoms with Crippen molar-refractivity contribution in [3.8, 4) is 5.75 Å². The zero-order chi connectivity index (χ0) is 21.8. The lowest BCUT2D eigenvalue weighted by molar-refractivity contribution is -0.139. The first kappa shape index (κ1) is 21.4. The molecule has 1 N–H and O–H groups in total. The van der Waals surface area contributed by atoms with E-state index in [-0.39, 0.29) is 13.2 Å². The van der Waals surface area contributed by atoms with E-state index >= 15 is 0 Å². The van der Waals surface area contributed by atoms with Gasteiger partial charge in [0, 0.05) is 11.4 Å². The van der Waals surface area contributed by atoms with Gasteiger partial charge < -0.3 is 19.5 Å². The number of methoxy groups -OCH3 is 1. The molecule has 1 aliphatic heterocycles. The lowest BCUT2D eigenvalue weighted by Gasteiger charge is -2.30. The van der Waals surface area contributed by atoms with Crippen molar-refractivity contribution in [1.29, 1.82) is 0 Å². The van der Waals surface area contributed by atoms with Gasteiger partial charge in [0.2, 0.25) is 0 Å². The van der Waals surface area contributed by atoms with Gasteiger partial charge in [-0.1, -0.05) is 24.3 Å². The third-order valence-electron chi connectivity index (χ3n) is 5.16. The Bertz CT molecular complexity index is 1010. The first-order valence-electron chi connectivity index (χ1n) is 10.0. The van der Waals surface area contributed by atoms with E-state index in [2.05, 4.69) is 5.32 Å². The third kappa shape index (κ3) is 4.03. The molecule has 0 radical (unpaired) electrons. The van der Waals surface area contributed by atoms with Gasteiger partial charge in [0.05, 0.1) is 37.4 Å². The van der Waals surface area contributed by atoms with Crippen LogP contribution < -0.4 is 10.1 Å². The molecule has 0 atom stereocenters. The van der Waals surface area contributed by atoms with Crippen molar-refractivity contribution in [2.24, 2.45) is 0 Å². The maximum Gasteiger partial charge on any atom is 0.336 e. The fraction of sp³-hybridized carbons (Fsp3) is 0.333. The van der Waals surface area contributed by atoms with Gasteiger partial charge in [0.15, 0.2) is 0 Å². The zero-order valence-corrected chi connectivity index (χ0v) is 18.0. The number of ether oxygens (including phenoxy) is 3. The first-order valence-corrected chi connectivity index (χ1v) is 10.0. The molecule has 6 heteroatoms. The minimum absolute atomic E-state index is 0.247. The van der Waals surface area contributed by atoms with Crippen molar-refractivity contribution < 1.29 is 23.8 Å². The van der Waals surface area contributed by atoms with Gasteiger partial charge in [0.1, 0.15) is 5.75 Å². The predicted octanol–water partition coefficient (Wildman–Crippen LogP) is 4.21. The van der Waals surface area contributed by atoms with Crippen molar-refractivity contribution in [2.45, 2.75) is 33.6 Å². The summed E-state index contributed by atoms with van der Waals surface area (Å²) in [7, 11) is 1.63. The van der Waals surface area contributed by atoms with Crippen LogP contribution in [0.2, 0.25) is 0 Å². The molecule has 30 heavy (non-hydrogen) atoms. The van der Waals surface area contributed by atoms with E-state index in [9.17, 15) is 9.59 Å². The van der Waals surface area contributed by atoms with Crippen molar-refractivity contribution >= 4 is 22.7 Å². The average Bonchev–Trinajstić information content (AvgIpc) is 2.72. The highest BCUT2D eigenvalue weighted by Gasteiger charge is 2.37. The van der Waals surface area contributed by atoms with E-state index in [0.29, 0.717) is 22.5 Å². The number of rotatable bonds is 6. The highest BCUT2D eigenvalue weighted by atomic mass is 16.5. The molecule has 0 unspecified atom stereocenters. The van der Waals surface area contributed by atoms with Crippen LogP contribution in [0, 0.1) is 0 Å². The normalized spacial score (nSPS) is 14.6. The Morgan fingerprint density at radius 2 is 1.40 bits per heavy atom. The average molecular weight is 409 g/mol. The Kier molecular flexibility index (Phi) is 6.45. The van der Waals surface area contributed by atoms with E-state index in [4.69, 9.17) is 14.2 Å². The summed E-state index contributed by atoms with van der Waals surface area (Å²) < 4.78 is 15.9. The number of hydrogen-bond donors (Lipinski definition) is 1. The molecular formula is C24H27NO5. The summed E-state index contributed by atoms with van der Waals surface area (Å²) in [5, 5.41) is 5.13. The quantitative estimate of drug-likeness (QED) is 0.721. The summed E-state index contributed by atoms with van der Waals surface area (Å²) in [4.78, 5) is 25.7. The Morgan fingerprint density at radius 3 is 1.93 bits per heavy atom. The second-order valence-corrected chi connectivity index (χ2v) is 7.05. The minimum atomic E-state index is -0.587. The summed E-state index contributed by atoms with van der Waals surface area (Å²) in [6, 6.07) is 11.7. The second kappa shape index (κ2) is 9.03. The van der Waals surface area contributed by atoms with Crippen LogP contribution in [0.1, 0.15) is 39.2 Å². The minimum Gasteiger partial charge on any atom is -0.497 e. The van der Waals surface area contributed by atoms with Crippen LogP contribution in [0.5, 0.6) is 5.75 Å². The number of carbonyl (C=O) groups excluding carboxylic acids is 2. The van der Waals surface area contributed by atoms with E-state index < -0.39 is 17.9 Å². The number of fused-ring (bicyclic) bond motifs is 1. The number of carbonyl (C=O) groups is 2. The molecule has 6 nitrogen and oxygen atoms in total. The fourth-order valence-electron chi connectivity index (χ4n) is 3.84. The Balaban J connectivity index is 2.19. The molecule has 158 valence electrons. The lowest BCUT2D eigenvalue weighted by Crippen LogP contribution is -2.32. The maximum atomic E-state index is 12.9. The first-order chi connectivity index (χ1) is 14.4. The summed E-state index contributed by atoms with van der Waals surface area (Å²) >= 11 is 0. The Hall–Kier alpha value is -3.28. The number of dihydropyridines is 1. The van der Waals surface area contributed by atoms with Crippen LogP contribution in [-0.4, -0.2) is 32.3 Å². The summed E-state index contributed by atoms with van der Waals surface area (Å²) in [6.07, 6.45) is 0. The van der Waals surface area contributed by atoms with Crippen molar-refractivity contribution in [1.82, 2.24) is 5.32 Å². The van der Waals surface area contributed by atoms with Gasteiger partial charge in [-0.05, 0) is 56.2 Å². The van der Waals surface area contributed by atoms with Crippen LogP contribution in [-0.2, 0) is 19.1 Å². The molecule has 0 aromatic heterocycles. The molecular weight excluding hydrogens is 382 g/mol. The van der Waals surface area contributed by atoms with Gasteiger partial charge in [-0.3, -0.25) is 0 Å². The zero-order valence-electron chi connectivity index (χ0n) is 18.0. The van der Waals surface area contributed by atoms with Crippen LogP contribution in [0.15, 0.2) is 58.9 Å². The van der Waals surface area contributed by atoms with E-state index in [0.717, 1.165) is 22.1 Å². The molecule has 0 saturated carbocycles. The van der Waals surface area contributed by atoms with E-state index in [1.54, 1.807) is 21.0 Å². The second-order valence-electron chi connectivity index (χ2n) is 7.05. The number of benzene rings is 2. The van der Waals surface area contributed by atoms with E-state index in [1.807, 2.05) is 50.2 Å². The SMILES string of the molecule is CCOC(=O)C1=C(C)NC(C)=C(C(=O)OCC)C1c1ccc2cc(OC)ccc2c1. The molecule has 1 aliphatic rings. The molecule has 0 fully saturated rings. The van der Waals surface area contributed by atoms with Gasteiger partial charge in [-0.15, -0.1) is 0 Å². The summed E-state index contributed by atoms with van der Waals surface area (Å²) in [6.45, 7) is 7.65. The van der Waals surface area contributed by atoms with Crippen molar-refractivity contribution in [3.63, 3.8) is 0 Å². The highest BCUT2D eigenvalue weighted by molar-refractivity contribution is 6.00. The summed E-state index contributed by atoms with van der Waals surface area (Å²) in [5.41, 5.74) is 2.98. The number of allylic oxidation sites excluding steroid dienone is 2. The maximum absolute atomic E-state index is 12.9. The third-order valence-corrected chi connectivity index (χ3v) is 5.16. The lowest BCUT2D eigenvalue weighted by atomic mass is 9.80. The molecule has 0 aliphatic carbocycles. The van der Waals surface area contributed by atoms with Gasteiger partial charge in [-0.25, -0.2) is 9.59 Å². The predicted molar refractivity (Wildman–Crippen MR) is 115 cm³/mol. The van der Waals surface area contributed by atoms with E-state index in [1.165, 1.54) is 0 Å². The van der Waals surface area contributed by atoms with Crippen LogP contribution in [0.25, 0.3) is 10.8 Å². The van der Waals surface area contributed by atoms with Gasteiger partial charge in [0.25, 0.3) is 0 Å². The van der Waals surface area contributed by atoms with Gasteiger partial charge >= 0.3 is 11.9 Å². The van der Waals surface area contributed by atoms with Crippen LogP contribution >= 0.6 is 0 Å². The molecule has 2 aromatic carbocycles. The van der Waals surface area contributed by atoms with Crippen molar-refractivity contribution in [2.75, 3.05) is 20.3 Å². The summed E-state index contributed by atoms with van der Waals surface area (Å²) in [5.74, 6) is -0.716. The largest absolute Gasteiger partial charge is 0.497 e. The molecule has 3 rings (SSSR count). The number of hydrogen-bond acceptors (Lipinski definition) is 6. The molecule has 1 heterocycles. The standard InChI is InChI=1S/C24H27NO5/c1-6-29-23(26)20-14(3)25-15(4)21(24(27)30-7-2)22(20)18-9-8-17-13-19(28-5)11-10-16(17)12-18/h8-13,22,25H,6-7H2,1-5H3. The smallest absolute Gasteiger partial charge is 0.336 e. The topological polar surface area (TPSA) is 73.9 Å². The van der Waals surface area contributed by atoms with Crippen molar-refractivity contribution in [3.05, 3.63) is 64.5 Å². The number of nitrogens with one attached hydrogen (secondary N) is 1. The Morgan fingerprint density at radius 1 is 0.867 bits per heavy atom. The monoisotopic (exact) mass is 409 g/mol. The molecule has 0 spiro atoms. The molecule has 0 bridgehead atoms. The molecule has 0 saturated heterocycles. The number of esters is 2. The van der Waals surface area contributed by atoms with Crippen LogP contribution in [0.3, 0.4) is 0 Å². The molecule has 0 amide bonds. The molecule has 2 aromatic rings. The fourth-order valence-corrected chi connectivity index (χ4v) is 3.84. The Labute approximate surface area is 176 Å².